The maximum atomic E-state index is 14.8. The minimum atomic E-state index is -2.48. The SMILES string of the molecule is CO[C@H]1C[C@@H]2CC[C@@H](C)[C@@](O)(O2)C(=O)C(=O)N2CCCC[C@H]2C(=O)O[C@H]([C@H](C)C[C@@H]2CC[C@@H](OC(=O)CCCOCCOCCOCCOCCOCCOCCOCCOCCC(=O)N3CCC(n4nc(-c5ccc6oc(N)nc6c5)c5c(N)ncnc54)CC3)[C@H](OC)C2)CC(=O)[C@H](C)/C=C(\C)[C@@H](O)[C@@H](OC)C(=O)[C@H](C)C[C@H](C)/C=C/C=C/C=C/1C. The molecule has 1 aromatic carbocycles. The van der Waals surface area contributed by atoms with E-state index in [1.54, 1.807) is 54.1 Å². The molecule has 0 unspecified atom stereocenters. The molecule has 33 heteroatoms. The van der Waals surface area contributed by atoms with Crippen LogP contribution in [-0.2, 0) is 99.9 Å². The number of amides is 2. The third-order valence-electron chi connectivity index (χ3n) is 23.8. The maximum absolute atomic E-state index is 14.8. The summed E-state index contributed by atoms with van der Waals surface area (Å²) < 4.78 is 88.5. The number of anilines is 2. The molecule has 0 radical (unpaired) electrons. The van der Waals surface area contributed by atoms with Crippen molar-refractivity contribution >= 4 is 75.1 Å². The van der Waals surface area contributed by atoms with Crippen molar-refractivity contribution in [3.05, 3.63) is 72.1 Å². The molecule has 9 rings (SSSR count). The second kappa shape index (κ2) is 50.3. The molecule has 3 aromatic heterocycles. The number of piperidine rings is 2. The summed E-state index contributed by atoms with van der Waals surface area (Å²) >= 11 is 0. The molecule has 0 spiro atoms. The minimum absolute atomic E-state index is 0.00390. The molecule has 33 nitrogen and oxygen atoms in total. The van der Waals surface area contributed by atoms with Crippen LogP contribution in [0.5, 0.6) is 0 Å². The molecule has 678 valence electrons. The number of fused-ring (bicyclic) bond motifs is 5. The van der Waals surface area contributed by atoms with Gasteiger partial charge in [0, 0.05) is 90.2 Å². The predicted molar refractivity (Wildman–Crippen MR) is 451 cm³/mol. The summed E-state index contributed by atoms with van der Waals surface area (Å²) in [5.41, 5.74) is 16.6. The van der Waals surface area contributed by atoms with Crippen molar-refractivity contribution < 1.29 is 115 Å². The number of likely N-dealkylation sites (tertiary alicyclic amines) is 1. The zero-order valence-electron chi connectivity index (χ0n) is 73.1. The number of oxazole rings is 1. The number of aromatic nitrogens is 5. The predicted octanol–water partition coefficient (Wildman–Crippen LogP) is 9.01. The van der Waals surface area contributed by atoms with Crippen LogP contribution in [-0.4, -0.2) is 287 Å². The van der Waals surface area contributed by atoms with Crippen LogP contribution >= 0.6 is 0 Å². The molecule has 6 N–H and O–H groups in total. The number of rotatable bonds is 37. The van der Waals surface area contributed by atoms with Crippen molar-refractivity contribution in [2.24, 2.45) is 35.5 Å². The Bertz CT molecular complexity index is 4100. The summed E-state index contributed by atoms with van der Waals surface area (Å²) in [7, 11) is 4.51. The van der Waals surface area contributed by atoms with Gasteiger partial charge in [-0.1, -0.05) is 71.1 Å². The molecule has 122 heavy (non-hydrogen) atoms. The lowest BCUT2D eigenvalue weighted by Gasteiger charge is -2.42. The van der Waals surface area contributed by atoms with E-state index in [-0.39, 0.29) is 86.0 Å². The lowest BCUT2D eigenvalue weighted by Crippen LogP contribution is -2.61. The van der Waals surface area contributed by atoms with Crippen molar-refractivity contribution in [3.63, 3.8) is 0 Å². The van der Waals surface area contributed by atoms with E-state index in [0.717, 1.165) is 11.1 Å². The maximum Gasteiger partial charge on any atom is 0.329 e. The molecule has 5 aliphatic rings. The molecule has 4 fully saturated rings. The number of nitrogens with zero attached hydrogens (tertiary/aromatic N) is 7. The van der Waals surface area contributed by atoms with Crippen LogP contribution in [0, 0.1) is 35.5 Å². The van der Waals surface area contributed by atoms with Crippen LogP contribution in [0.4, 0.5) is 11.8 Å². The van der Waals surface area contributed by atoms with Crippen molar-refractivity contribution in [1.29, 1.82) is 0 Å². The number of hydrogen-bond acceptors (Lipinski definition) is 30. The van der Waals surface area contributed by atoms with E-state index in [1.165, 1.54) is 18.3 Å². The van der Waals surface area contributed by atoms with E-state index in [1.807, 2.05) is 72.9 Å². The van der Waals surface area contributed by atoms with E-state index in [9.17, 15) is 43.8 Å². The van der Waals surface area contributed by atoms with Crippen molar-refractivity contribution in [1.82, 2.24) is 34.5 Å². The summed E-state index contributed by atoms with van der Waals surface area (Å²) in [6, 6.07) is 4.40. The molecular weight excluding hydrogens is 1580 g/mol. The first kappa shape index (κ1) is 97.9. The van der Waals surface area contributed by atoms with E-state index in [0.29, 0.717) is 235 Å². The largest absolute Gasteiger partial charge is 0.460 e. The van der Waals surface area contributed by atoms with Crippen LogP contribution in [0.3, 0.4) is 0 Å². The number of cyclic esters (lactones) is 1. The van der Waals surface area contributed by atoms with Gasteiger partial charge in [0.1, 0.15) is 59.6 Å². The number of Topliss-reactive ketones (excluding diaryl/α,β-unsaturated/α-hetero) is 3. The smallest absolute Gasteiger partial charge is 0.329 e. The van der Waals surface area contributed by atoms with Crippen LogP contribution in [0.15, 0.2) is 76.5 Å². The summed E-state index contributed by atoms with van der Waals surface area (Å²) in [6.07, 6.45) is 13.9. The third kappa shape index (κ3) is 28.8. The molecular formula is C89H133N9O24. The van der Waals surface area contributed by atoms with Gasteiger partial charge >= 0.3 is 11.9 Å². The monoisotopic (exact) mass is 1710 g/mol. The summed E-state index contributed by atoms with van der Waals surface area (Å²) in [6.45, 7) is 19.8. The molecule has 15 atom stereocenters. The Morgan fingerprint density at radius 1 is 0.689 bits per heavy atom. The van der Waals surface area contributed by atoms with Crippen molar-refractivity contribution in [3.8, 4) is 11.3 Å². The lowest BCUT2D eigenvalue weighted by molar-refractivity contribution is -0.265. The summed E-state index contributed by atoms with van der Waals surface area (Å²) in [4.78, 5) is 115. The standard InChI is InChI=1S/C89H133N9O24/c1-57-17-12-11-13-18-58(2)73(108-8)54-67-24-21-63(7)89(107,122-67)83(104)86(105)97-30-15-14-19-69(97)87(106)120-74(55-70(99)59(3)50-62(6)81(103)82(110-10)80(102)61(5)49-57)60(4)51-64-22-25-72(75(52-64)109-9)119-77(101)20-16-33-111-35-37-113-39-41-115-43-45-117-47-48-118-46-44-116-42-40-114-38-36-112-34-29-76(100)96-31-27-66(28-32-96)98-85-78(84(90)92-56-93-85)79(95-98)65-23-26-71-68(53-65)94-88(91)121-71/h11-13,17-18,23,26,50,53,56-57,59-61,63-64,66-67,69,72-75,81-82,103,107H,14-16,19-22,24-25,27-49,51-52,54-55H2,1-10H3,(H2,91,94)(H2,90,92,93)/b13-11+,17-12+,58-18+,62-50+/t57-,59-,60-,61-,63-,64+,67+,69+,72-,73+,74+,75-,81-,82+,89-/m1/s1. The highest BCUT2D eigenvalue weighted by atomic mass is 16.6. The fourth-order valence-corrected chi connectivity index (χ4v) is 16.6. The number of hydrogen-bond donors (Lipinski definition) is 4. The number of benzene rings is 1. The van der Waals surface area contributed by atoms with Gasteiger partial charge in [-0.2, -0.15) is 10.1 Å². The Labute approximate surface area is 716 Å². The number of carbonyl (C=O) groups is 7. The van der Waals surface area contributed by atoms with Gasteiger partial charge < -0.3 is 102 Å². The van der Waals surface area contributed by atoms with Crippen LogP contribution in [0.2, 0.25) is 0 Å². The number of nitrogen functional groups attached to an aromatic ring is 2. The number of esters is 2. The number of aliphatic hydroxyl groups excluding tert-OH is 1. The highest BCUT2D eigenvalue weighted by Crippen LogP contribution is 2.40. The molecule has 1 saturated carbocycles. The van der Waals surface area contributed by atoms with Gasteiger partial charge in [0.2, 0.25) is 11.7 Å². The number of nitrogens with two attached hydrogens (primary N) is 2. The van der Waals surface area contributed by atoms with E-state index < -0.39 is 95.9 Å². The number of ketones is 3. The summed E-state index contributed by atoms with van der Waals surface area (Å²) in [5.74, 6) is -8.61. The van der Waals surface area contributed by atoms with Crippen LogP contribution in [0.1, 0.15) is 164 Å². The number of ether oxygens (including phenoxy) is 14. The van der Waals surface area contributed by atoms with Gasteiger partial charge in [-0.05, 0) is 144 Å². The van der Waals surface area contributed by atoms with Gasteiger partial charge in [0.05, 0.1) is 135 Å². The van der Waals surface area contributed by atoms with E-state index in [4.69, 9.17) is 87.3 Å². The average Bonchev–Trinajstić information content (AvgIpc) is 1.56. The highest BCUT2D eigenvalue weighted by Gasteiger charge is 2.53. The zero-order valence-corrected chi connectivity index (χ0v) is 73.1. The Balaban J connectivity index is 0.604. The first-order chi connectivity index (χ1) is 58.8. The fourth-order valence-electron chi connectivity index (χ4n) is 16.6. The summed E-state index contributed by atoms with van der Waals surface area (Å²) in [5, 5.41) is 29.4. The Hall–Kier alpha value is -7.87. The molecule has 2 bridgehead atoms. The molecule has 7 heterocycles. The van der Waals surface area contributed by atoms with E-state index >= 15 is 0 Å². The number of allylic oxidation sites excluding steroid dienone is 6. The Kier molecular flexibility index (Phi) is 40.4. The molecule has 2 amide bonds. The fraction of sp³-hybridized carbons (Fsp3) is 0.697. The van der Waals surface area contributed by atoms with Gasteiger partial charge in [0.15, 0.2) is 17.0 Å². The molecule has 4 aromatic rings. The molecule has 3 saturated heterocycles. The molecule has 4 aliphatic heterocycles. The topological polar surface area (TPSA) is 417 Å². The van der Waals surface area contributed by atoms with E-state index in [2.05, 4.69) is 15.0 Å². The average molecular weight is 1710 g/mol. The second-order valence-corrected chi connectivity index (χ2v) is 32.9. The van der Waals surface area contributed by atoms with Gasteiger partial charge in [0.25, 0.3) is 17.7 Å². The minimum Gasteiger partial charge on any atom is -0.460 e. The second-order valence-electron chi connectivity index (χ2n) is 32.9. The number of methoxy groups -OCH3 is 3. The number of carbonyl (C=O) groups excluding carboxylic acids is 7. The third-order valence-corrected chi connectivity index (χ3v) is 23.8. The lowest BCUT2D eigenvalue weighted by atomic mass is 9.78. The Morgan fingerprint density at radius 2 is 1.34 bits per heavy atom. The van der Waals surface area contributed by atoms with Crippen LogP contribution in [0.25, 0.3) is 33.4 Å². The van der Waals surface area contributed by atoms with Gasteiger partial charge in [-0.15, -0.1) is 0 Å². The normalized spacial score (nSPS) is 28.0. The zero-order chi connectivity index (χ0) is 87.7. The quantitative estimate of drug-likeness (QED) is 0.0141. The van der Waals surface area contributed by atoms with Crippen LogP contribution < -0.4 is 11.5 Å². The first-order valence-electron chi connectivity index (χ1n) is 43.6. The highest BCUT2D eigenvalue weighted by molar-refractivity contribution is 6.39. The first-order valence-corrected chi connectivity index (χ1v) is 43.6. The van der Waals surface area contributed by atoms with Crippen molar-refractivity contribution in [2.75, 3.05) is 158 Å². The number of aliphatic hydroxyl groups is 2. The Morgan fingerprint density at radius 3 is 1.98 bits per heavy atom. The van der Waals surface area contributed by atoms with Gasteiger partial charge in [-0.3, -0.25) is 28.8 Å². The molecule has 1 aliphatic carbocycles. The van der Waals surface area contributed by atoms with Crippen molar-refractivity contribution in [2.45, 2.75) is 218 Å². The van der Waals surface area contributed by atoms with Gasteiger partial charge in [-0.25, -0.2) is 19.4 Å².